The number of hydrogen-bond acceptors (Lipinski definition) is 13. The molecule has 402 valence electrons. The Morgan fingerprint density at radius 2 is 1.24 bits per heavy atom. The fourth-order valence-corrected chi connectivity index (χ4v) is 13.3. The molecule has 5 aliphatic rings. The summed E-state index contributed by atoms with van der Waals surface area (Å²) >= 11 is 8.03. The molecule has 0 radical (unpaired) electrons. The van der Waals surface area contributed by atoms with E-state index in [4.69, 9.17) is 33.6 Å². The van der Waals surface area contributed by atoms with Crippen LogP contribution in [0.5, 0.6) is 0 Å². The van der Waals surface area contributed by atoms with E-state index in [1.807, 2.05) is 87.1 Å². The number of fused-ring (bicyclic) bond motifs is 2. The maximum atomic E-state index is 15.4. The van der Waals surface area contributed by atoms with Gasteiger partial charge in [0.15, 0.2) is 10.3 Å². The summed E-state index contributed by atoms with van der Waals surface area (Å²) in [6.45, 7) is 8.10. The van der Waals surface area contributed by atoms with Crippen LogP contribution in [0, 0.1) is 46.1 Å². The molecule has 3 aliphatic heterocycles. The maximum Gasteiger partial charge on any atom is 0.320 e. The Balaban J connectivity index is 0.000000186. The number of aliphatic imine (C=N–C) groups is 2. The number of benzene rings is 3. The number of carboxylic acids is 1. The van der Waals surface area contributed by atoms with E-state index in [9.17, 15) is 23.5 Å². The highest BCUT2D eigenvalue weighted by Gasteiger charge is 2.72. The van der Waals surface area contributed by atoms with Crippen LogP contribution in [0.15, 0.2) is 124 Å². The Morgan fingerprint density at radius 1 is 0.769 bits per heavy atom. The monoisotopic (exact) mass is 1110 g/mol. The lowest BCUT2D eigenvalue weighted by Gasteiger charge is -2.36. The van der Waals surface area contributed by atoms with Crippen molar-refractivity contribution in [1.82, 2.24) is 19.8 Å². The molecule has 0 spiro atoms. The number of nitrogens with two attached hydrogens (primary N) is 2. The molecule has 0 bridgehead atoms. The van der Waals surface area contributed by atoms with Gasteiger partial charge in [-0.25, -0.2) is 17.6 Å². The zero-order chi connectivity index (χ0) is 56.5. The second kappa shape index (κ2) is 22.5. The van der Waals surface area contributed by atoms with Crippen molar-refractivity contribution < 1.29 is 32.3 Å². The van der Waals surface area contributed by atoms with Crippen LogP contribution in [-0.2, 0) is 20.7 Å². The van der Waals surface area contributed by atoms with Crippen molar-refractivity contribution in [3.8, 4) is 12.1 Å². The third-order valence-electron chi connectivity index (χ3n) is 14.6. The normalized spacial score (nSPS) is 25.6. The van der Waals surface area contributed by atoms with Crippen LogP contribution in [0.25, 0.3) is 23.8 Å². The number of allylic oxidation sites excluding steroid dienone is 1. The van der Waals surface area contributed by atoms with E-state index < -0.39 is 55.7 Å². The van der Waals surface area contributed by atoms with Gasteiger partial charge in [0.05, 0.1) is 39.6 Å². The third-order valence-corrected chi connectivity index (χ3v) is 17.9. The van der Waals surface area contributed by atoms with Gasteiger partial charge in [-0.2, -0.15) is 10.5 Å². The molecule has 5 N–H and O–H groups in total. The van der Waals surface area contributed by atoms with Crippen LogP contribution in [0.2, 0.25) is 0 Å². The number of carbonyl (C=O) groups is 2. The average molecular weight is 1120 g/mol. The summed E-state index contributed by atoms with van der Waals surface area (Å²) in [7, 11) is 3.85. The number of halogens is 5. The summed E-state index contributed by atoms with van der Waals surface area (Å²) in [6, 6.07) is 28.0. The first-order valence-corrected chi connectivity index (χ1v) is 26.8. The Bertz CT molecular complexity index is 3420. The molecule has 13 nitrogen and oxygen atoms in total. The van der Waals surface area contributed by atoms with Crippen molar-refractivity contribution in [2.45, 2.75) is 80.0 Å². The van der Waals surface area contributed by atoms with Crippen LogP contribution in [-0.4, -0.2) is 77.2 Å². The van der Waals surface area contributed by atoms with Crippen molar-refractivity contribution in [1.29, 1.82) is 10.5 Å². The lowest BCUT2D eigenvalue weighted by atomic mass is 9.84. The lowest BCUT2D eigenvalue weighted by Crippen LogP contribution is -2.46. The number of carboxylic acid groups (broad SMARTS) is 1. The topological polar surface area (TPSA) is 211 Å². The number of thioether (sulfide) groups is 2. The molecule has 2 aromatic heterocycles. The van der Waals surface area contributed by atoms with Gasteiger partial charge in [0.2, 0.25) is 5.91 Å². The van der Waals surface area contributed by atoms with Crippen LogP contribution >= 0.6 is 35.1 Å². The largest absolute Gasteiger partial charge is 0.480 e. The number of aromatic nitrogens is 2. The molecular weight excluding hydrogens is 1060 g/mol. The summed E-state index contributed by atoms with van der Waals surface area (Å²) in [6.07, 6.45) is 7.67. The number of amides is 1. The summed E-state index contributed by atoms with van der Waals surface area (Å²) in [5.41, 5.74) is 14.1. The van der Waals surface area contributed by atoms with E-state index in [0.29, 0.717) is 41.6 Å². The van der Waals surface area contributed by atoms with Crippen molar-refractivity contribution in [3.05, 3.63) is 176 Å². The molecule has 7 atom stereocenters. The molecule has 2 aliphatic carbocycles. The number of nitrogens with zero attached hydrogens (tertiary/aromatic N) is 8. The van der Waals surface area contributed by atoms with Crippen molar-refractivity contribution in [2.24, 2.45) is 33.3 Å². The molecule has 20 heteroatoms. The first kappa shape index (κ1) is 56.7. The van der Waals surface area contributed by atoms with Gasteiger partial charge in [-0.15, -0.1) is 0 Å². The number of rotatable bonds is 10. The fraction of sp³-hybridized carbons (Fsp3) is 0.310. The Morgan fingerprint density at radius 3 is 1.67 bits per heavy atom. The standard InChI is InChI=1S/C31H27F2N5OS.C21H16F2N4O2S.C6H12ClN/c1-30(22-14-19(9-11-23(22)32)15-24(33)25-12-10-20(17-34)18-36-25)27-16-31(27,40-29(35)37-30)28(39)38-13-5-8-26(38)21-6-3-2-4-7-21;1-20(17-8-21(17,18(28)29)30-19(25)27-20)13-6-11(2-4-14(13)22)7-15(23)16-5-3-12(9-24)10-26-16;1-5(2)6(7)8(3)4/h2-4,6-7,9-12,14-15,18,26-27H,5,8,13,16H2,1H3,(H2,35,37);2-7,10,17H,8H2,1H3,(H2,25,27)(H,28,29);1-4H3/b24-15-;15-7-;/t26?,27-,30+,31-;17-,20+,21-;/m00./s1. The molecule has 1 saturated heterocycles. The van der Waals surface area contributed by atoms with E-state index in [1.165, 1.54) is 90.9 Å². The summed E-state index contributed by atoms with van der Waals surface area (Å²) < 4.78 is 57.9. The lowest BCUT2D eigenvalue weighted by molar-refractivity contribution is -0.137. The summed E-state index contributed by atoms with van der Waals surface area (Å²) in [5, 5.41) is 28.5. The molecule has 5 aromatic rings. The Kier molecular flexibility index (Phi) is 16.4. The molecule has 2 saturated carbocycles. The van der Waals surface area contributed by atoms with E-state index in [-0.39, 0.29) is 50.7 Å². The van der Waals surface area contributed by atoms with E-state index in [0.717, 1.165) is 40.9 Å². The highest BCUT2D eigenvalue weighted by atomic mass is 35.5. The van der Waals surface area contributed by atoms with Crippen LogP contribution < -0.4 is 11.5 Å². The summed E-state index contributed by atoms with van der Waals surface area (Å²) in [4.78, 5) is 46.7. The number of carbonyl (C=O) groups excluding carboxylic acids is 1. The van der Waals surface area contributed by atoms with E-state index >= 15 is 8.78 Å². The number of likely N-dealkylation sites (tertiary alicyclic amines) is 1. The zero-order valence-electron chi connectivity index (χ0n) is 43.4. The summed E-state index contributed by atoms with van der Waals surface area (Å²) in [5.74, 6) is -4.01. The number of amidine groups is 2. The third kappa shape index (κ3) is 11.3. The van der Waals surface area contributed by atoms with Gasteiger partial charge in [-0.05, 0) is 136 Å². The minimum atomic E-state index is -1.18. The van der Waals surface area contributed by atoms with Gasteiger partial charge in [0.1, 0.15) is 50.1 Å². The van der Waals surface area contributed by atoms with Gasteiger partial charge in [-0.3, -0.25) is 29.5 Å². The van der Waals surface area contributed by atoms with Gasteiger partial charge in [0.25, 0.3) is 0 Å². The van der Waals surface area contributed by atoms with Crippen LogP contribution in [0.4, 0.5) is 17.6 Å². The van der Waals surface area contributed by atoms with E-state index in [2.05, 4.69) is 20.0 Å². The molecule has 1 unspecified atom stereocenters. The quantitative estimate of drug-likeness (QED) is 0.0881. The Labute approximate surface area is 463 Å². The minimum Gasteiger partial charge on any atom is -0.480 e. The number of aliphatic carboxylic acids is 1. The van der Waals surface area contributed by atoms with E-state index in [1.54, 1.807) is 13.0 Å². The van der Waals surface area contributed by atoms with Gasteiger partial charge in [0, 0.05) is 56.0 Å². The zero-order valence-corrected chi connectivity index (χ0v) is 45.8. The second-order valence-electron chi connectivity index (χ2n) is 20.3. The van der Waals surface area contributed by atoms with Crippen LogP contribution in [0.3, 0.4) is 0 Å². The molecule has 1 amide bonds. The average Bonchev–Trinajstić information content (AvgIpc) is 4.42. The van der Waals surface area contributed by atoms with Gasteiger partial charge >= 0.3 is 5.97 Å². The molecule has 3 aromatic carbocycles. The van der Waals surface area contributed by atoms with Crippen molar-refractivity contribution in [2.75, 3.05) is 20.6 Å². The van der Waals surface area contributed by atoms with Gasteiger partial charge in [-0.1, -0.05) is 77.6 Å². The molecule has 5 heterocycles. The van der Waals surface area contributed by atoms with Crippen LogP contribution in [0.1, 0.15) is 110 Å². The van der Waals surface area contributed by atoms with Crippen molar-refractivity contribution >= 4 is 81.1 Å². The maximum absolute atomic E-state index is 15.4. The highest BCUT2D eigenvalue weighted by Crippen LogP contribution is 2.68. The minimum absolute atomic E-state index is 0.000261. The molecular formula is C58H55ClF4N10O3S2. The Hall–Kier alpha value is -7.45. The predicted octanol–water partition coefficient (Wildman–Crippen LogP) is 11.7. The number of pyridine rings is 2. The first-order valence-electron chi connectivity index (χ1n) is 24.8. The number of hydrogen-bond donors (Lipinski definition) is 3. The molecule has 10 rings (SSSR count). The smallest absolute Gasteiger partial charge is 0.320 e. The molecule has 78 heavy (non-hydrogen) atoms. The first-order chi connectivity index (χ1) is 37.0. The molecule has 3 fully saturated rings. The SMILES string of the molecule is CC(C)=C(Cl)N(C)C.C[C@]1(c2cc(/C=C(\F)c3ccc(C#N)cn3)ccc2F)N=C(N)S[C@@]2(C(=O)N3CCCC3c3ccccc3)C[C@H]21.C[C@]1(c2cc(/C=C(\F)c3ccc(C#N)cn3)ccc2F)N=C(N)S[C@@]2(C(=O)O)C[C@H]21. The fourth-order valence-electron chi connectivity index (χ4n) is 10.5. The second-order valence-corrected chi connectivity index (χ2v) is 23.4. The number of nitriles is 2. The highest BCUT2D eigenvalue weighted by molar-refractivity contribution is 8.16. The van der Waals surface area contributed by atoms with Crippen molar-refractivity contribution in [3.63, 3.8) is 0 Å². The predicted molar refractivity (Wildman–Crippen MR) is 299 cm³/mol. The van der Waals surface area contributed by atoms with Gasteiger partial charge < -0.3 is 26.4 Å².